The Morgan fingerprint density at radius 3 is 2.58 bits per heavy atom. The Bertz CT molecular complexity index is 891. The van der Waals surface area contributed by atoms with Crippen LogP contribution in [0, 0.1) is 5.82 Å². The number of nitrogens with zero attached hydrogens (tertiary/aromatic N) is 1. The summed E-state index contributed by atoms with van der Waals surface area (Å²) in [6.45, 7) is 6.08. The number of hydrogen-bond acceptors (Lipinski definition) is 5. The Kier molecular flexibility index (Phi) is 4.79. The van der Waals surface area contributed by atoms with Crippen LogP contribution in [0.5, 0.6) is 5.75 Å². The summed E-state index contributed by atoms with van der Waals surface area (Å²) in [5, 5.41) is 6.46. The van der Waals surface area contributed by atoms with Crippen LogP contribution in [-0.4, -0.2) is 11.1 Å². The van der Waals surface area contributed by atoms with Crippen molar-refractivity contribution in [3.63, 3.8) is 0 Å². The van der Waals surface area contributed by atoms with Crippen molar-refractivity contribution in [3.8, 4) is 5.75 Å². The van der Waals surface area contributed by atoms with E-state index >= 15 is 0 Å². The molecule has 2 aromatic heterocycles. The van der Waals surface area contributed by atoms with Crippen LogP contribution in [0.15, 0.2) is 51.4 Å². The Morgan fingerprint density at radius 1 is 1.19 bits per heavy atom. The SMILES string of the molecule is CC(C)(C)c1cc(NC(=O)c2ccc(COc3ccc(F)cc3)o2)no1. The average Bonchev–Trinajstić information content (AvgIpc) is 3.23. The number of amides is 1. The monoisotopic (exact) mass is 358 g/mol. The molecule has 0 unspecified atom stereocenters. The minimum absolute atomic E-state index is 0.122. The molecule has 0 saturated heterocycles. The zero-order chi connectivity index (χ0) is 18.7. The second-order valence-corrected chi connectivity index (χ2v) is 6.79. The van der Waals surface area contributed by atoms with Crippen molar-refractivity contribution in [2.45, 2.75) is 32.8 Å². The summed E-state index contributed by atoms with van der Waals surface area (Å²) in [5.41, 5.74) is -0.203. The smallest absolute Gasteiger partial charge is 0.292 e. The van der Waals surface area contributed by atoms with E-state index in [0.717, 1.165) is 0 Å². The fourth-order valence-corrected chi connectivity index (χ4v) is 2.13. The minimum atomic E-state index is -0.438. The minimum Gasteiger partial charge on any atom is -0.486 e. The molecule has 3 rings (SSSR count). The molecule has 26 heavy (non-hydrogen) atoms. The first-order valence-electron chi connectivity index (χ1n) is 8.07. The van der Waals surface area contributed by atoms with Gasteiger partial charge < -0.3 is 19.0 Å². The van der Waals surface area contributed by atoms with Crippen LogP contribution in [-0.2, 0) is 12.0 Å². The van der Waals surface area contributed by atoms with E-state index in [0.29, 0.717) is 23.1 Å². The van der Waals surface area contributed by atoms with E-state index < -0.39 is 5.91 Å². The molecule has 1 amide bonds. The van der Waals surface area contributed by atoms with E-state index in [1.54, 1.807) is 18.2 Å². The van der Waals surface area contributed by atoms with Gasteiger partial charge in [0.05, 0.1) is 0 Å². The van der Waals surface area contributed by atoms with E-state index in [1.807, 2.05) is 20.8 Å². The van der Waals surface area contributed by atoms with Crippen LogP contribution in [0.1, 0.15) is 42.8 Å². The molecular formula is C19H19FN2O4. The number of benzene rings is 1. The van der Waals surface area contributed by atoms with Crippen molar-refractivity contribution in [2.24, 2.45) is 0 Å². The molecule has 0 fully saturated rings. The van der Waals surface area contributed by atoms with Gasteiger partial charge in [-0.05, 0) is 36.4 Å². The van der Waals surface area contributed by atoms with E-state index in [-0.39, 0.29) is 23.6 Å². The number of ether oxygens (including phenoxy) is 1. The summed E-state index contributed by atoms with van der Waals surface area (Å²) in [5.74, 6) is 1.31. The molecule has 0 atom stereocenters. The molecule has 0 aliphatic rings. The average molecular weight is 358 g/mol. The number of anilines is 1. The van der Waals surface area contributed by atoms with Crippen molar-refractivity contribution >= 4 is 11.7 Å². The fraction of sp³-hybridized carbons (Fsp3) is 0.263. The Labute approximate surface area is 149 Å². The lowest BCUT2D eigenvalue weighted by Gasteiger charge is -2.11. The normalized spacial score (nSPS) is 11.4. The largest absolute Gasteiger partial charge is 0.486 e. The standard InChI is InChI=1S/C19H19FN2O4/c1-19(2,3)16-10-17(22-26-16)21-18(23)15-9-8-14(25-15)11-24-13-6-4-12(20)5-7-13/h4-10H,11H2,1-3H3,(H,21,22,23). The molecule has 0 saturated carbocycles. The fourth-order valence-electron chi connectivity index (χ4n) is 2.13. The summed E-state index contributed by atoms with van der Waals surface area (Å²) in [6, 6.07) is 10.5. The van der Waals surface area contributed by atoms with Crippen LogP contribution in [0.3, 0.4) is 0 Å². The van der Waals surface area contributed by atoms with Gasteiger partial charge in [-0.15, -0.1) is 0 Å². The maximum absolute atomic E-state index is 12.9. The Balaban J connectivity index is 1.59. The van der Waals surface area contributed by atoms with Crippen molar-refractivity contribution < 1.29 is 22.9 Å². The number of aromatic nitrogens is 1. The van der Waals surface area contributed by atoms with Gasteiger partial charge in [0.25, 0.3) is 5.91 Å². The highest BCUT2D eigenvalue weighted by Gasteiger charge is 2.21. The molecule has 2 heterocycles. The highest BCUT2D eigenvalue weighted by atomic mass is 19.1. The zero-order valence-corrected chi connectivity index (χ0v) is 14.7. The lowest BCUT2D eigenvalue weighted by atomic mass is 9.93. The Morgan fingerprint density at radius 2 is 1.92 bits per heavy atom. The summed E-state index contributed by atoms with van der Waals surface area (Å²) in [6.07, 6.45) is 0. The van der Waals surface area contributed by atoms with Gasteiger partial charge in [0, 0.05) is 11.5 Å². The Hall–Kier alpha value is -3.09. The van der Waals surface area contributed by atoms with Crippen LogP contribution in [0.2, 0.25) is 0 Å². The predicted molar refractivity (Wildman–Crippen MR) is 92.6 cm³/mol. The number of carbonyl (C=O) groups is 1. The molecule has 0 bridgehead atoms. The van der Waals surface area contributed by atoms with Gasteiger partial charge in [0.15, 0.2) is 11.6 Å². The molecule has 136 valence electrons. The molecule has 1 N–H and O–H groups in total. The van der Waals surface area contributed by atoms with E-state index in [9.17, 15) is 9.18 Å². The highest BCUT2D eigenvalue weighted by Crippen LogP contribution is 2.24. The third-order valence-corrected chi connectivity index (χ3v) is 3.57. The molecule has 7 heteroatoms. The van der Waals surface area contributed by atoms with E-state index in [1.165, 1.54) is 24.3 Å². The first-order valence-corrected chi connectivity index (χ1v) is 8.07. The predicted octanol–water partition coefficient (Wildman–Crippen LogP) is 4.54. The van der Waals surface area contributed by atoms with Crippen molar-refractivity contribution in [2.75, 3.05) is 5.32 Å². The highest BCUT2D eigenvalue weighted by molar-refractivity contribution is 6.01. The molecular weight excluding hydrogens is 339 g/mol. The topological polar surface area (TPSA) is 77.5 Å². The zero-order valence-electron chi connectivity index (χ0n) is 14.7. The van der Waals surface area contributed by atoms with Crippen molar-refractivity contribution in [3.05, 3.63) is 65.6 Å². The van der Waals surface area contributed by atoms with Gasteiger partial charge in [-0.2, -0.15) is 0 Å². The van der Waals surface area contributed by atoms with Crippen LogP contribution in [0.4, 0.5) is 10.2 Å². The number of furan rings is 1. The van der Waals surface area contributed by atoms with Gasteiger partial charge in [0.2, 0.25) is 0 Å². The maximum Gasteiger partial charge on any atom is 0.292 e. The molecule has 0 aliphatic carbocycles. The first-order chi connectivity index (χ1) is 12.3. The lowest BCUT2D eigenvalue weighted by molar-refractivity contribution is 0.0991. The van der Waals surface area contributed by atoms with E-state index in [4.69, 9.17) is 13.7 Å². The van der Waals surface area contributed by atoms with Crippen LogP contribution < -0.4 is 10.1 Å². The lowest BCUT2D eigenvalue weighted by Crippen LogP contribution is -2.11. The summed E-state index contributed by atoms with van der Waals surface area (Å²) in [7, 11) is 0. The molecule has 0 radical (unpaired) electrons. The van der Waals surface area contributed by atoms with Crippen LogP contribution in [0.25, 0.3) is 0 Å². The number of halogens is 1. The van der Waals surface area contributed by atoms with Gasteiger partial charge in [-0.3, -0.25) is 4.79 Å². The van der Waals surface area contributed by atoms with E-state index in [2.05, 4.69) is 10.5 Å². The molecule has 3 aromatic rings. The molecule has 0 spiro atoms. The molecule has 1 aromatic carbocycles. The molecule has 0 aliphatic heterocycles. The second kappa shape index (κ2) is 7.03. The summed E-state index contributed by atoms with van der Waals surface area (Å²) in [4.78, 5) is 12.2. The number of hydrogen-bond donors (Lipinski definition) is 1. The van der Waals surface area contributed by atoms with Gasteiger partial charge >= 0.3 is 0 Å². The van der Waals surface area contributed by atoms with Crippen LogP contribution >= 0.6 is 0 Å². The third kappa shape index (κ3) is 4.30. The van der Waals surface area contributed by atoms with Gasteiger partial charge in [-0.1, -0.05) is 25.9 Å². The maximum atomic E-state index is 12.9. The third-order valence-electron chi connectivity index (χ3n) is 3.57. The number of rotatable bonds is 5. The van der Waals surface area contributed by atoms with Crippen molar-refractivity contribution in [1.82, 2.24) is 5.16 Å². The first kappa shape index (κ1) is 17.7. The van der Waals surface area contributed by atoms with Gasteiger partial charge in [0.1, 0.15) is 29.7 Å². The summed E-state index contributed by atoms with van der Waals surface area (Å²) >= 11 is 0. The number of nitrogens with one attached hydrogen (secondary N) is 1. The van der Waals surface area contributed by atoms with Crippen molar-refractivity contribution in [1.29, 1.82) is 0 Å². The number of carbonyl (C=O) groups excluding carboxylic acids is 1. The van der Waals surface area contributed by atoms with Gasteiger partial charge in [-0.25, -0.2) is 4.39 Å². The quantitative estimate of drug-likeness (QED) is 0.725. The molecule has 6 nitrogen and oxygen atoms in total. The summed E-state index contributed by atoms with van der Waals surface area (Å²) < 4.78 is 29.0. The second-order valence-electron chi connectivity index (χ2n) is 6.79.